The van der Waals surface area contributed by atoms with E-state index in [-0.39, 0.29) is 31.6 Å². The fourth-order valence-electron chi connectivity index (χ4n) is 5.17. The lowest BCUT2D eigenvalue weighted by atomic mass is 10.1. The summed E-state index contributed by atoms with van der Waals surface area (Å²) >= 11 is 0. The molecule has 48 heavy (non-hydrogen) atoms. The molecule has 1 unspecified atom stereocenters. The molecule has 0 spiro atoms. The number of hydrogen-bond acceptors (Lipinski definition) is 5. The number of allylic oxidation sites excluding steroid dienone is 12. The predicted molar refractivity (Wildman–Crippen MR) is 205 cm³/mol. The van der Waals surface area contributed by atoms with Crippen LogP contribution >= 0.6 is 0 Å². The van der Waals surface area contributed by atoms with Crippen molar-refractivity contribution in [1.82, 2.24) is 0 Å². The van der Waals surface area contributed by atoms with Gasteiger partial charge >= 0.3 is 11.9 Å². The Morgan fingerprint density at radius 1 is 0.500 bits per heavy atom. The van der Waals surface area contributed by atoms with Gasteiger partial charge in [0.2, 0.25) is 0 Å². The smallest absolute Gasteiger partial charge is 0.306 e. The van der Waals surface area contributed by atoms with Crippen molar-refractivity contribution in [3.8, 4) is 0 Å². The van der Waals surface area contributed by atoms with Crippen LogP contribution in [0.15, 0.2) is 72.9 Å². The SMILES string of the molecule is CC/C=C/C=C/C=C/C=C/C=C/CCCC(=O)OCC(CO)OC(=O)CCCCCCCCC/C=C/CCCCCCCCCCCC. The molecule has 0 bridgehead atoms. The minimum Gasteiger partial charge on any atom is -0.462 e. The van der Waals surface area contributed by atoms with Crippen LogP contribution in [0.4, 0.5) is 0 Å². The fourth-order valence-corrected chi connectivity index (χ4v) is 5.17. The van der Waals surface area contributed by atoms with E-state index in [1.807, 2.05) is 54.7 Å². The van der Waals surface area contributed by atoms with E-state index in [4.69, 9.17) is 9.47 Å². The van der Waals surface area contributed by atoms with E-state index in [1.165, 1.54) is 103 Å². The van der Waals surface area contributed by atoms with Crippen LogP contribution in [0.25, 0.3) is 0 Å². The molecule has 0 aliphatic heterocycles. The molecular weight excluding hydrogens is 596 g/mol. The van der Waals surface area contributed by atoms with Crippen molar-refractivity contribution in [2.24, 2.45) is 0 Å². The standard InChI is InChI=1S/C43H72O5/c1-3-5-7-9-11-13-15-17-18-19-20-21-22-23-24-26-28-30-32-34-36-38-43(46)48-41(39-44)40-47-42(45)37-35-33-31-29-27-25-16-14-12-10-8-6-4-2/h6,8,10,12,14,16,21-22,25,27,29,31,41,44H,3-5,7,9,11,13,15,17-20,23-24,26,28,30,32-40H2,1-2H3/b8-6+,12-10+,16-14+,22-21+,27-25+,31-29+. The molecule has 0 heterocycles. The highest BCUT2D eigenvalue weighted by atomic mass is 16.6. The van der Waals surface area contributed by atoms with Gasteiger partial charge in [0, 0.05) is 12.8 Å². The molecule has 0 saturated heterocycles. The Morgan fingerprint density at radius 3 is 1.46 bits per heavy atom. The van der Waals surface area contributed by atoms with Crippen LogP contribution in [0.1, 0.15) is 168 Å². The molecule has 0 aliphatic rings. The Kier molecular flexibility index (Phi) is 36.6. The lowest BCUT2D eigenvalue weighted by molar-refractivity contribution is -0.161. The number of esters is 2. The predicted octanol–water partition coefficient (Wildman–Crippen LogP) is 12.2. The van der Waals surface area contributed by atoms with Crippen LogP contribution in [0.5, 0.6) is 0 Å². The summed E-state index contributed by atoms with van der Waals surface area (Å²) in [6.45, 7) is 3.92. The summed E-state index contributed by atoms with van der Waals surface area (Å²) in [6.07, 6.45) is 51.2. The van der Waals surface area contributed by atoms with Crippen LogP contribution in [0.3, 0.4) is 0 Å². The Labute approximate surface area is 295 Å². The first-order valence-corrected chi connectivity index (χ1v) is 19.6. The molecule has 0 aliphatic carbocycles. The van der Waals surface area contributed by atoms with E-state index in [9.17, 15) is 14.7 Å². The zero-order valence-corrected chi connectivity index (χ0v) is 31.0. The number of ether oxygens (including phenoxy) is 2. The van der Waals surface area contributed by atoms with Gasteiger partial charge in [-0.1, -0.05) is 177 Å². The average Bonchev–Trinajstić information content (AvgIpc) is 3.09. The van der Waals surface area contributed by atoms with Gasteiger partial charge in [-0.2, -0.15) is 0 Å². The Morgan fingerprint density at radius 2 is 0.938 bits per heavy atom. The number of rotatable bonds is 34. The summed E-state index contributed by atoms with van der Waals surface area (Å²) in [5.41, 5.74) is 0. The summed E-state index contributed by atoms with van der Waals surface area (Å²) in [5, 5.41) is 9.53. The number of carbonyl (C=O) groups is 2. The maximum absolute atomic E-state index is 12.2. The van der Waals surface area contributed by atoms with Gasteiger partial charge in [-0.3, -0.25) is 9.59 Å². The van der Waals surface area contributed by atoms with Gasteiger partial charge in [-0.05, 0) is 51.4 Å². The molecule has 0 aromatic carbocycles. The van der Waals surface area contributed by atoms with Crippen molar-refractivity contribution in [3.05, 3.63) is 72.9 Å². The molecule has 0 rings (SSSR count). The van der Waals surface area contributed by atoms with E-state index in [0.717, 1.165) is 32.1 Å². The third kappa shape index (κ3) is 36.2. The van der Waals surface area contributed by atoms with Crippen LogP contribution in [0.2, 0.25) is 0 Å². The first-order valence-electron chi connectivity index (χ1n) is 19.6. The van der Waals surface area contributed by atoms with Crippen molar-refractivity contribution in [3.63, 3.8) is 0 Å². The fraction of sp³-hybridized carbons (Fsp3) is 0.674. The second-order valence-electron chi connectivity index (χ2n) is 12.7. The largest absolute Gasteiger partial charge is 0.462 e. The van der Waals surface area contributed by atoms with Gasteiger partial charge in [0.05, 0.1) is 6.61 Å². The van der Waals surface area contributed by atoms with E-state index >= 15 is 0 Å². The summed E-state index contributed by atoms with van der Waals surface area (Å²) in [5.74, 6) is -0.687. The van der Waals surface area contributed by atoms with Crippen LogP contribution in [-0.2, 0) is 19.1 Å². The summed E-state index contributed by atoms with van der Waals surface area (Å²) in [6, 6.07) is 0. The first kappa shape index (κ1) is 45.3. The van der Waals surface area contributed by atoms with E-state index in [0.29, 0.717) is 12.8 Å². The number of aliphatic hydroxyl groups excluding tert-OH is 1. The Bertz CT molecular complexity index is 895. The highest BCUT2D eigenvalue weighted by Crippen LogP contribution is 2.13. The highest BCUT2D eigenvalue weighted by molar-refractivity contribution is 5.70. The maximum Gasteiger partial charge on any atom is 0.306 e. The molecule has 0 radical (unpaired) electrons. The lowest BCUT2D eigenvalue weighted by Crippen LogP contribution is -2.28. The monoisotopic (exact) mass is 669 g/mol. The summed E-state index contributed by atoms with van der Waals surface area (Å²) < 4.78 is 10.5. The van der Waals surface area contributed by atoms with Crippen molar-refractivity contribution >= 4 is 11.9 Å². The minimum atomic E-state index is -0.805. The van der Waals surface area contributed by atoms with Gasteiger partial charge in [-0.25, -0.2) is 0 Å². The van der Waals surface area contributed by atoms with Gasteiger partial charge in [0.25, 0.3) is 0 Å². The topological polar surface area (TPSA) is 72.8 Å². The van der Waals surface area contributed by atoms with Crippen LogP contribution in [-0.4, -0.2) is 36.4 Å². The third-order valence-electron chi connectivity index (χ3n) is 8.11. The van der Waals surface area contributed by atoms with Gasteiger partial charge in [0.1, 0.15) is 6.61 Å². The first-order chi connectivity index (χ1) is 23.6. The zero-order valence-electron chi connectivity index (χ0n) is 31.0. The normalized spacial score (nSPS) is 13.0. The number of unbranched alkanes of at least 4 members (excludes halogenated alkanes) is 18. The van der Waals surface area contributed by atoms with Crippen molar-refractivity contribution in [2.45, 2.75) is 174 Å². The van der Waals surface area contributed by atoms with Gasteiger partial charge < -0.3 is 14.6 Å². The van der Waals surface area contributed by atoms with E-state index in [2.05, 4.69) is 32.1 Å². The Hall–Kier alpha value is -2.66. The molecule has 5 nitrogen and oxygen atoms in total. The van der Waals surface area contributed by atoms with Gasteiger partial charge in [0.15, 0.2) is 6.10 Å². The van der Waals surface area contributed by atoms with Crippen LogP contribution in [0, 0.1) is 0 Å². The van der Waals surface area contributed by atoms with Crippen molar-refractivity contribution in [1.29, 1.82) is 0 Å². The van der Waals surface area contributed by atoms with Gasteiger partial charge in [-0.15, -0.1) is 0 Å². The summed E-state index contributed by atoms with van der Waals surface area (Å²) in [4.78, 5) is 24.2. The second-order valence-corrected chi connectivity index (χ2v) is 12.7. The molecule has 0 amide bonds. The second kappa shape index (κ2) is 38.8. The zero-order chi connectivity index (χ0) is 35.0. The lowest BCUT2D eigenvalue weighted by Gasteiger charge is -2.15. The number of hydrogen-bond donors (Lipinski definition) is 1. The molecular formula is C43H72O5. The minimum absolute atomic E-state index is 0.108. The molecule has 0 aromatic rings. The van der Waals surface area contributed by atoms with E-state index < -0.39 is 6.10 Å². The molecule has 274 valence electrons. The molecule has 5 heteroatoms. The molecule has 1 atom stereocenters. The molecule has 1 N–H and O–H groups in total. The van der Waals surface area contributed by atoms with Crippen LogP contribution < -0.4 is 0 Å². The molecule has 0 fully saturated rings. The number of aliphatic hydroxyl groups is 1. The summed E-state index contributed by atoms with van der Waals surface area (Å²) in [7, 11) is 0. The third-order valence-corrected chi connectivity index (χ3v) is 8.11. The van der Waals surface area contributed by atoms with Crippen molar-refractivity contribution in [2.75, 3.05) is 13.2 Å². The van der Waals surface area contributed by atoms with E-state index in [1.54, 1.807) is 0 Å². The Balaban J connectivity index is 3.64. The van der Waals surface area contributed by atoms with Crippen molar-refractivity contribution < 1.29 is 24.2 Å². The molecule has 0 saturated carbocycles. The quantitative estimate of drug-likeness (QED) is 0.0320. The maximum atomic E-state index is 12.2. The number of carbonyl (C=O) groups excluding carboxylic acids is 2. The highest BCUT2D eigenvalue weighted by Gasteiger charge is 2.16. The molecule has 0 aromatic heterocycles. The average molecular weight is 669 g/mol.